The summed E-state index contributed by atoms with van der Waals surface area (Å²) in [5.74, 6) is -1.23. The Morgan fingerprint density at radius 3 is 2.34 bits per heavy atom. The van der Waals surface area contributed by atoms with Crippen LogP contribution in [0.4, 0.5) is 49.6 Å². The Balaban J connectivity index is 0.799. The van der Waals surface area contributed by atoms with E-state index in [1.165, 1.54) is 34.1 Å². The minimum absolute atomic E-state index is 0.0780. The number of benzene rings is 1. The van der Waals surface area contributed by atoms with Crippen LogP contribution in [-0.4, -0.2) is 118 Å². The van der Waals surface area contributed by atoms with Gasteiger partial charge in [-0.05, 0) is 68.5 Å². The Hall–Kier alpha value is -6.12. The average molecular weight is 854 g/mol. The Labute approximate surface area is 346 Å². The third-order valence-electron chi connectivity index (χ3n) is 11.7. The van der Waals surface area contributed by atoms with Gasteiger partial charge in [-0.3, -0.25) is 34.2 Å². The van der Waals surface area contributed by atoms with E-state index in [9.17, 15) is 41.1 Å². The first-order valence-corrected chi connectivity index (χ1v) is 20.2. The lowest BCUT2D eigenvalue weighted by Crippen LogP contribution is -2.53. The third kappa shape index (κ3) is 9.60. The summed E-state index contributed by atoms with van der Waals surface area (Å²) in [5.41, 5.74) is 0.948. The van der Waals surface area contributed by atoms with Crippen LogP contribution < -0.4 is 25.8 Å². The molecule has 4 fully saturated rings. The second kappa shape index (κ2) is 17.5. The number of piperazine rings is 1. The third-order valence-corrected chi connectivity index (χ3v) is 11.7. The molecular formula is C40H44F5N11O5. The van der Waals surface area contributed by atoms with Crippen molar-refractivity contribution in [3.8, 4) is 11.5 Å². The fourth-order valence-electron chi connectivity index (χ4n) is 8.50. The molecule has 8 rings (SSSR count). The van der Waals surface area contributed by atoms with Gasteiger partial charge in [0.15, 0.2) is 11.4 Å². The van der Waals surface area contributed by atoms with E-state index in [1.54, 1.807) is 0 Å². The molecule has 324 valence electrons. The molecule has 6 heterocycles. The normalized spacial score (nSPS) is 21.5. The van der Waals surface area contributed by atoms with Gasteiger partial charge in [-0.15, -0.1) is 0 Å². The molecule has 0 unspecified atom stereocenters. The first kappa shape index (κ1) is 41.6. The number of imide groups is 1. The van der Waals surface area contributed by atoms with Crippen molar-refractivity contribution in [3.05, 3.63) is 66.4 Å². The molecule has 4 aromatic rings. The lowest BCUT2D eigenvalue weighted by atomic mass is 9.90. The molecule has 0 radical (unpaired) electrons. The average Bonchev–Trinajstić information content (AvgIpc) is 4.04. The highest BCUT2D eigenvalue weighted by Crippen LogP contribution is 2.35. The minimum Gasteiger partial charge on any atom is -0.444 e. The second-order valence-electron chi connectivity index (χ2n) is 15.6. The van der Waals surface area contributed by atoms with Gasteiger partial charge >= 0.3 is 12.2 Å². The molecule has 61 heavy (non-hydrogen) atoms. The van der Waals surface area contributed by atoms with Crippen LogP contribution in [0.1, 0.15) is 67.2 Å². The largest absolute Gasteiger partial charge is 0.444 e. The van der Waals surface area contributed by atoms with E-state index in [2.05, 4.69) is 40.8 Å². The van der Waals surface area contributed by atoms with Crippen LogP contribution in [0.3, 0.4) is 0 Å². The van der Waals surface area contributed by atoms with Crippen LogP contribution in [-0.2, 0) is 9.59 Å². The lowest BCUT2D eigenvalue weighted by molar-refractivity contribution is -0.137. The monoisotopic (exact) mass is 853 g/mol. The molecule has 3 N–H and O–H groups in total. The number of halogens is 5. The highest BCUT2D eigenvalue weighted by atomic mass is 19.4. The molecule has 5 amide bonds. The first-order chi connectivity index (χ1) is 29.3. The maximum atomic E-state index is 14.1. The number of alkyl halides is 5. The van der Waals surface area contributed by atoms with Gasteiger partial charge in [-0.2, -0.15) is 18.3 Å². The van der Waals surface area contributed by atoms with Crippen molar-refractivity contribution < 1.29 is 45.5 Å². The smallest absolute Gasteiger partial charge is 0.405 e. The molecule has 1 atom stereocenters. The number of nitrogens with zero attached hydrogens (tertiary/aromatic N) is 8. The molecule has 0 bridgehead atoms. The van der Waals surface area contributed by atoms with Gasteiger partial charge in [0, 0.05) is 87.6 Å². The van der Waals surface area contributed by atoms with Crippen LogP contribution in [0, 0.1) is 5.92 Å². The predicted octanol–water partition coefficient (Wildman–Crippen LogP) is 5.70. The highest BCUT2D eigenvalue weighted by molar-refractivity contribution is 6.05. The van der Waals surface area contributed by atoms with Crippen molar-refractivity contribution in [1.29, 1.82) is 0 Å². The number of anilines is 4. The maximum absolute atomic E-state index is 14.1. The fraction of sp³-hybridized carbons (Fsp3) is 0.475. The summed E-state index contributed by atoms with van der Waals surface area (Å²) in [6, 6.07) is 9.98. The fourth-order valence-corrected chi connectivity index (χ4v) is 8.50. The van der Waals surface area contributed by atoms with Crippen LogP contribution in [0.5, 0.6) is 0 Å². The van der Waals surface area contributed by atoms with E-state index in [1.807, 2.05) is 29.2 Å². The SMILES string of the molecule is O=C1CCN(c2ccc(N3CC[C@H](C(=O)N4CCN(C5CCC(n6cc(NC(=O)c7coc(-c8ccnc(NCC(F)(F)F)c8)n7)c(C(F)F)n6)CC5)CC4)C3)cc2)C(=O)N1. The van der Waals surface area contributed by atoms with Gasteiger partial charge in [-0.1, -0.05) is 0 Å². The molecule has 1 aromatic carbocycles. The Morgan fingerprint density at radius 1 is 0.918 bits per heavy atom. The van der Waals surface area contributed by atoms with Gasteiger partial charge in [0.1, 0.15) is 18.6 Å². The van der Waals surface area contributed by atoms with Crippen molar-refractivity contribution in [1.82, 2.24) is 34.9 Å². The number of carbonyl (C=O) groups is 4. The Kier molecular flexibility index (Phi) is 11.9. The number of hydrogen-bond donors (Lipinski definition) is 3. The highest BCUT2D eigenvalue weighted by Gasteiger charge is 2.36. The molecule has 1 aliphatic carbocycles. The number of aromatic nitrogens is 4. The molecule has 3 aromatic heterocycles. The van der Waals surface area contributed by atoms with Crippen LogP contribution in [0.2, 0.25) is 0 Å². The summed E-state index contributed by atoms with van der Waals surface area (Å²) in [7, 11) is 0. The molecule has 16 nitrogen and oxygen atoms in total. The molecule has 0 spiro atoms. The number of rotatable bonds is 11. The Bertz CT molecular complexity index is 2230. The van der Waals surface area contributed by atoms with E-state index >= 15 is 0 Å². The van der Waals surface area contributed by atoms with Crippen molar-refractivity contribution >= 4 is 46.6 Å². The number of amides is 5. The van der Waals surface area contributed by atoms with E-state index in [-0.39, 0.29) is 64.9 Å². The quantitative estimate of drug-likeness (QED) is 0.158. The van der Waals surface area contributed by atoms with Crippen LogP contribution in [0.25, 0.3) is 11.5 Å². The zero-order valence-electron chi connectivity index (χ0n) is 32.9. The van der Waals surface area contributed by atoms with E-state index in [0.717, 1.165) is 50.8 Å². The molecule has 4 aliphatic rings. The number of hydrogen-bond acceptors (Lipinski definition) is 11. The van der Waals surface area contributed by atoms with Crippen molar-refractivity contribution in [2.24, 2.45) is 5.92 Å². The van der Waals surface area contributed by atoms with Crippen molar-refractivity contribution in [3.63, 3.8) is 0 Å². The zero-order chi connectivity index (χ0) is 42.8. The Morgan fingerprint density at radius 2 is 1.64 bits per heavy atom. The zero-order valence-corrected chi connectivity index (χ0v) is 32.9. The standard InChI is InChI=1S/C40H44F5N11O5/c41-35(42)34-30(48-36(58)31-22-61-37(49-31)24-9-12-46-32(19-24)47-23-40(43,44)45)21-56(51-34)29-7-3-26(4-8-29)52-15-17-53(18-16-52)38(59)25-10-13-54(20-25)27-1-5-28(6-2-27)55-14-11-33(57)50-39(55)60/h1-2,5-6,9,12,19,21-22,25-26,29,35H,3-4,7-8,10-11,13-18,20,23H2,(H,46,47)(H,48,58)(H,50,57,60)/t25-,26?,29?/m0/s1. The van der Waals surface area contributed by atoms with E-state index in [4.69, 9.17) is 4.42 Å². The number of urea groups is 1. The summed E-state index contributed by atoms with van der Waals surface area (Å²) >= 11 is 0. The molecule has 3 saturated heterocycles. The minimum atomic E-state index is -4.46. The van der Waals surface area contributed by atoms with E-state index in [0.29, 0.717) is 44.7 Å². The van der Waals surface area contributed by atoms with Crippen LogP contribution in [0.15, 0.2) is 59.5 Å². The van der Waals surface area contributed by atoms with Crippen molar-refractivity contribution in [2.45, 2.75) is 63.2 Å². The van der Waals surface area contributed by atoms with Crippen molar-refractivity contribution in [2.75, 3.05) is 72.8 Å². The molecular weight excluding hydrogens is 810 g/mol. The summed E-state index contributed by atoms with van der Waals surface area (Å²) in [6.45, 7) is 3.11. The van der Waals surface area contributed by atoms with Gasteiger partial charge in [0.25, 0.3) is 12.3 Å². The first-order valence-electron chi connectivity index (χ1n) is 20.2. The second-order valence-corrected chi connectivity index (χ2v) is 15.6. The maximum Gasteiger partial charge on any atom is 0.405 e. The summed E-state index contributed by atoms with van der Waals surface area (Å²) in [6.07, 6.45) is 0.232. The molecule has 21 heteroatoms. The van der Waals surface area contributed by atoms with Gasteiger partial charge in [-0.25, -0.2) is 23.5 Å². The number of oxazole rings is 1. The summed E-state index contributed by atoms with van der Waals surface area (Å²) in [5, 5.41) is 11.1. The number of carbonyl (C=O) groups excluding carboxylic acids is 4. The van der Waals surface area contributed by atoms with Gasteiger partial charge < -0.3 is 24.9 Å². The van der Waals surface area contributed by atoms with Crippen LogP contribution >= 0.6 is 0 Å². The van der Waals surface area contributed by atoms with Gasteiger partial charge in [0.2, 0.25) is 17.7 Å². The lowest BCUT2D eigenvalue weighted by Gasteiger charge is -2.42. The number of nitrogens with one attached hydrogen (secondary N) is 3. The summed E-state index contributed by atoms with van der Waals surface area (Å²) in [4.78, 5) is 66.4. The topological polar surface area (TPSA) is 174 Å². The molecule has 1 saturated carbocycles. The number of pyridine rings is 1. The summed E-state index contributed by atoms with van der Waals surface area (Å²) < 4.78 is 73.0. The predicted molar refractivity (Wildman–Crippen MR) is 211 cm³/mol. The van der Waals surface area contributed by atoms with E-state index < -0.39 is 36.8 Å². The van der Waals surface area contributed by atoms with Gasteiger partial charge in [0.05, 0.1) is 17.6 Å². The molecule has 3 aliphatic heterocycles.